The summed E-state index contributed by atoms with van der Waals surface area (Å²) in [6, 6.07) is 26.5. The van der Waals surface area contributed by atoms with E-state index in [1.54, 1.807) is 12.1 Å². The first-order valence-corrected chi connectivity index (χ1v) is 12.0. The van der Waals surface area contributed by atoms with Crippen LogP contribution in [0.4, 0.5) is 0 Å². The third-order valence-corrected chi connectivity index (χ3v) is 5.98. The lowest BCUT2D eigenvalue weighted by Crippen LogP contribution is -2.27. The topological polar surface area (TPSA) is 93.7 Å². The second-order valence-electron chi connectivity index (χ2n) is 7.53. The Morgan fingerprint density at radius 3 is 1.47 bits per heavy atom. The summed E-state index contributed by atoms with van der Waals surface area (Å²) in [7, 11) is -2.35. The van der Waals surface area contributed by atoms with Gasteiger partial charge >= 0.3 is 8.25 Å². The van der Waals surface area contributed by atoms with E-state index < -0.39 is 8.25 Å². The smallest absolute Gasteiger partial charge is 0.350 e. The average Bonchev–Trinajstić information content (AvgIpc) is 2.88. The van der Waals surface area contributed by atoms with Gasteiger partial charge < -0.3 is 10.6 Å². The largest absolute Gasteiger partial charge is 0.697 e. The minimum Gasteiger partial charge on any atom is -0.350 e. The molecule has 0 atom stereocenters. The van der Waals surface area contributed by atoms with Gasteiger partial charge in [0.1, 0.15) is 13.2 Å². The van der Waals surface area contributed by atoms with Gasteiger partial charge in [-0.15, -0.1) is 9.05 Å². The van der Waals surface area contributed by atoms with Crippen LogP contribution in [0.25, 0.3) is 21.5 Å². The zero-order chi connectivity index (χ0) is 23.8. The van der Waals surface area contributed by atoms with Gasteiger partial charge in [-0.3, -0.25) is 9.59 Å². The van der Waals surface area contributed by atoms with Crippen LogP contribution >= 0.6 is 8.25 Å². The molecule has 0 heterocycles. The lowest BCUT2D eigenvalue weighted by atomic mass is 10.1. The van der Waals surface area contributed by atoms with Crippen LogP contribution in [-0.4, -0.2) is 38.1 Å². The van der Waals surface area contributed by atoms with Crippen LogP contribution in [0.2, 0.25) is 0 Å². The number of rotatable bonds is 10. The maximum Gasteiger partial charge on any atom is 0.697 e. The van der Waals surface area contributed by atoms with Crippen molar-refractivity contribution in [1.82, 2.24) is 10.6 Å². The fourth-order valence-corrected chi connectivity index (χ4v) is 4.03. The highest BCUT2D eigenvalue weighted by molar-refractivity contribution is 7.33. The van der Waals surface area contributed by atoms with Gasteiger partial charge in [0.25, 0.3) is 11.8 Å². The summed E-state index contributed by atoms with van der Waals surface area (Å²) in [5.41, 5.74) is 1.09. The number of nitrogens with one attached hydrogen (secondary N) is 2. The van der Waals surface area contributed by atoms with Crippen molar-refractivity contribution in [1.29, 1.82) is 0 Å². The van der Waals surface area contributed by atoms with E-state index in [1.165, 1.54) is 0 Å². The molecule has 4 aromatic rings. The Morgan fingerprint density at radius 1 is 0.618 bits per heavy atom. The van der Waals surface area contributed by atoms with Gasteiger partial charge in [0.15, 0.2) is 0 Å². The molecule has 0 fully saturated rings. The molecule has 4 aromatic carbocycles. The van der Waals surface area contributed by atoms with Crippen LogP contribution < -0.4 is 10.6 Å². The number of benzene rings is 4. The SMILES string of the molecule is O=C(NCCO[P+](=O)OCCNC(=O)c1ccc2ccccc2c1)c1ccc2ccccc2c1. The van der Waals surface area contributed by atoms with E-state index in [-0.39, 0.29) is 38.1 Å². The third-order valence-electron chi connectivity index (χ3n) is 5.19. The molecule has 0 aromatic heterocycles. The number of carbonyl (C=O) groups excluding carboxylic acids is 2. The van der Waals surface area contributed by atoms with Crippen molar-refractivity contribution in [3.63, 3.8) is 0 Å². The van der Waals surface area contributed by atoms with Crippen LogP contribution in [0.5, 0.6) is 0 Å². The second-order valence-corrected chi connectivity index (χ2v) is 8.49. The number of hydrogen-bond acceptors (Lipinski definition) is 5. The summed E-state index contributed by atoms with van der Waals surface area (Å²) in [5, 5.41) is 9.54. The van der Waals surface area contributed by atoms with Crippen molar-refractivity contribution >= 4 is 41.6 Å². The molecular weight excluding hydrogens is 451 g/mol. The maximum absolute atomic E-state index is 12.3. The van der Waals surface area contributed by atoms with Crippen LogP contribution in [0.1, 0.15) is 20.7 Å². The molecule has 0 aliphatic heterocycles. The van der Waals surface area contributed by atoms with Crippen molar-refractivity contribution in [3.05, 3.63) is 96.1 Å². The molecule has 0 aliphatic rings. The van der Waals surface area contributed by atoms with Gasteiger partial charge in [0.2, 0.25) is 0 Å². The fraction of sp³-hybridized carbons (Fsp3) is 0.154. The molecule has 4 rings (SSSR count). The van der Waals surface area contributed by atoms with E-state index in [9.17, 15) is 14.2 Å². The van der Waals surface area contributed by atoms with Gasteiger partial charge in [-0.2, -0.15) is 0 Å². The molecule has 0 aliphatic carbocycles. The van der Waals surface area contributed by atoms with Gasteiger partial charge in [-0.05, 0) is 45.8 Å². The van der Waals surface area contributed by atoms with E-state index >= 15 is 0 Å². The normalized spacial score (nSPS) is 10.8. The van der Waals surface area contributed by atoms with Crippen molar-refractivity contribution in [2.75, 3.05) is 26.3 Å². The molecular formula is C26H24N2O5P+. The highest BCUT2D eigenvalue weighted by Crippen LogP contribution is 2.22. The van der Waals surface area contributed by atoms with Gasteiger partial charge in [0.05, 0.1) is 0 Å². The second kappa shape index (κ2) is 11.5. The van der Waals surface area contributed by atoms with E-state index in [4.69, 9.17) is 9.05 Å². The van der Waals surface area contributed by atoms with Crippen molar-refractivity contribution in [2.24, 2.45) is 0 Å². The lowest BCUT2D eigenvalue weighted by Gasteiger charge is -2.05. The minimum atomic E-state index is -2.35. The predicted octanol–water partition coefficient (Wildman–Crippen LogP) is 4.84. The number of fused-ring (bicyclic) bond motifs is 2. The molecule has 0 unspecified atom stereocenters. The fourth-order valence-electron chi connectivity index (χ4n) is 3.47. The summed E-state index contributed by atoms with van der Waals surface area (Å²) in [6.07, 6.45) is 0. The van der Waals surface area contributed by atoms with Crippen LogP contribution in [0, 0.1) is 0 Å². The molecule has 8 heteroatoms. The molecule has 2 amide bonds. The predicted molar refractivity (Wildman–Crippen MR) is 132 cm³/mol. The van der Waals surface area contributed by atoms with Crippen molar-refractivity contribution in [3.8, 4) is 0 Å². The summed E-state index contributed by atoms with van der Waals surface area (Å²) in [5.74, 6) is -0.469. The molecule has 0 radical (unpaired) electrons. The highest BCUT2D eigenvalue weighted by Gasteiger charge is 2.20. The summed E-state index contributed by atoms with van der Waals surface area (Å²) >= 11 is 0. The first kappa shape index (κ1) is 23.5. The van der Waals surface area contributed by atoms with E-state index in [2.05, 4.69) is 10.6 Å². The Labute approximate surface area is 198 Å². The Hall–Kier alpha value is -3.64. The zero-order valence-electron chi connectivity index (χ0n) is 18.4. The van der Waals surface area contributed by atoms with Crippen LogP contribution in [0.15, 0.2) is 84.9 Å². The van der Waals surface area contributed by atoms with Gasteiger partial charge in [-0.25, -0.2) is 0 Å². The monoisotopic (exact) mass is 475 g/mol. The Bertz CT molecular complexity index is 1240. The lowest BCUT2D eigenvalue weighted by molar-refractivity contribution is 0.0943. The molecule has 0 saturated heterocycles. The first-order valence-electron chi connectivity index (χ1n) is 10.9. The molecule has 34 heavy (non-hydrogen) atoms. The van der Waals surface area contributed by atoms with Gasteiger partial charge in [0, 0.05) is 28.8 Å². The Balaban J connectivity index is 1.12. The van der Waals surface area contributed by atoms with Crippen LogP contribution in [-0.2, 0) is 13.6 Å². The zero-order valence-corrected chi connectivity index (χ0v) is 19.3. The Morgan fingerprint density at radius 2 is 1.03 bits per heavy atom. The maximum atomic E-state index is 12.3. The highest BCUT2D eigenvalue weighted by atomic mass is 31.1. The average molecular weight is 475 g/mol. The number of hydrogen-bond donors (Lipinski definition) is 2. The summed E-state index contributed by atoms with van der Waals surface area (Å²) in [6.45, 7) is 0.458. The van der Waals surface area contributed by atoms with Crippen LogP contribution in [0.3, 0.4) is 0 Å². The molecule has 7 nitrogen and oxygen atoms in total. The van der Waals surface area contributed by atoms with E-state index in [1.807, 2.05) is 72.8 Å². The standard InChI is InChI=1S/C26H23N2O5P/c29-25(23-11-9-19-5-1-3-7-21(19)17-23)27-13-15-32-34(31)33-16-14-28-26(30)24-12-10-20-6-2-4-8-22(20)18-24/h1-12,17-18H,13-16H2,(H-,27,28,29,30)/p+1. The minimum absolute atomic E-state index is 0.0397. The molecule has 0 bridgehead atoms. The number of carbonyl (C=O) groups is 2. The summed E-state index contributed by atoms with van der Waals surface area (Å²) < 4.78 is 22.0. The Kier molecular flexibility index (Phi) is 7.94. The van der Waals surface area contributed by atoms with Crippen molar-refractivity contribution < 1.29 is 23.2 Å². The van der Waals surface area contributed by atoms with Crippen molar-refractivity contribution in [2.45, 2.75) is 0 Å². The van der Waals surface area contributed by atoms with Gasteiger partial charge in [-0.1, -0.05) is 60.7 Å². The van der Waals surface area contributed by atoms with E-state index in [0.29, 0.717) is 11.1 Å². The molecule has 0 saturated carbocycles. The quantitative estimate of drug-likeness (QED) is 0.253. The summed E-state index contributed by atoms with van der Waals surface area (Å²) in [4.78, 5) is 24.6. The molecule has 0 spiro atoms. The van der Waals surface area contributed by atoms with E-state index in [0.717, 1.165) is 21.5 Å². The molecule has 172 valence electrons. The molecule has 2 N–H and O–H groups in total. The third kappa shape index (κ3) is 6.23. The first-order chi connectivity index (χ1) is 16.6. The number of amides is 2.